The van der Waals surface area contributed by atoms with E-state index in [-0.39, 0.29) is 10.5 Å². The zero-order valence-electron chi connectivity index (χ0n) is 16.2. The number of sulfonamides is 1. The Balaban J connectivity index is 1.88. The molecule has 152 valence electrons. The van der Waals surface area contributed by atoms with Crippen molar-refractivity contribution < 1.29 is 17.2 Å². The Kier molecular flexibility index (Phi) is 6.02. The number of likely N-dealkylation sites (N-methyl/N-ethyl adjacent to an activating group) is 1. The third-order valence-electron chi connectivity index (χ3n) is 5.07. The van der Waals surface area contributed by atoms with Crippen LogP contribution in [-0.2, 0) is 10.0 Å². The SMILES string of the molecule is Cc1cc(S(=O)(=O)NC(C)c2cc(F)ccc2N2CCN(C)CC2)ccc1F. The number of benzene rings is 2. The van der Waals surface area contributed by atoms with Crippen LogP contribution in [-0.4, -0.2) is 46.5 Å². The maximum absolute atomic E-state index is 13.9. The van der Waals surface area contributed by atoms with Gasteiger partial charge in [-0.25, -0.2) is 21.9 Å². The molecule has 0 spiro atoms. The molecule has 2 aromatic rings. The highest BCUT2D eigenvalue weighted by molar-refractivity contribution is 7.89. The smallest absolute Gasteiger partial charge is 0.241 e. The van der Waals surface area contributed by atoms with Gasteiger partial charge < -0.3 is 9.80 Å². The van der Waals surface area contributed by atoms with Crippen molar-refractivity contribution in [3.63, 3.8) is 0 Å². The minimum atomic E-state index is -3.88. The molecule has 1 heterocycles. The average Bonchev–Trinajstić information content (AvgIpc) is 2.64. The van der Waals surface area contributed by atoms with Gasteiger partial charge in [0.25, 0.3) is 0 Å². The van der Waals surface area contributed by atoms with Crippen molar-refractivity contribution in [2.75, 3.05) is 38.1 Å². The minimum absolute atomic E-state index is 0.0178. The highest BCUT2D eigenvalue weighted by Gasteiger charge is 2.24. The summed E-state index contributed by atoms with van der Waals surface area (Å²) in [4.78, 5) is 4.33. The topological polar surface area (TPSA) is 52.7 Å². The van der Waals surface area contributed by atoms with E-state index >= 15 is 0 Å². The summed E-state index contributed by atoms with van der Waals surface area (Å²) >= 11 is 0. The van der Waals surface area contributed by atoms with Gasteiger partial charge in [-0.1, -0.05) is 0 Å². The van der Waals surface area contributed by atoms with E-state index in [0.29, 0.717) is 5.56 Å². The fourth-order valence-electron chi connectivity index (χ4n) is 3.36. The van der Waals surface area contributed by atoms with Gasteiger partial charge >= 0.3 is 0 Å². The number of anilines is 1. The number of piperazine rings is 1. The molecule has 1 aliphatic heterocycles. The Hall–Kier alpha value is -2.03. The molecule has 1 fully saturated rings. The molecule has 0 radical (unpaired) electrons. The number of hydrogen-bond donors (Lipinski definition) is 1. The molecule has 1 N–H and O–H groups in total. The predicted molar refractivity (Wildman–Crippen MR) is 106 cm³/mol. The Morgan fingerprint density at radius 3 is 2.36 bits per heavy atom. The van der Waals surface area contributed by atoms with Crippen LogP contribution in [0.4, 0.5) is 14.5 Å². The fraction of sp³-hybridized carbons (Fsp3) is 0.400. The van der Waals surface area contributed by atoms with Gasteiger partial charge in [0.15, 0.2) is 0 Å². The molecule has 0 aliphatic carbocycles. The quantitative estimate of drug-likeness (QED) is 0.825. The highest BCUT2D eigenvalue weighted by Crippen LogP contribution is 2.29. The van der Waals surface area contributed by atoms with E-state index in [9.17, 15) is 17.2 Å². The molecule has 8 heteroatoms. The Labute approximate surface area is 165 Å². The van der Waals surface area contributed by atoms with Gasteiger partial charge in [-0.05, 0) is 68.4 Å². The Morgan fingerprint density at radius 2 is 1.71 bits per heavy atom. The van der Waals surface area contributed by atoms with Gasteiger partial charge in [0.2, 0.25) is 10.0 Å². The van der Waals surface area contributed by atoms with Crippen molar-refractivity contribution in [1.82, 2.24) is 9.62 Å². The van der Waals surface area contributed by atoms with E-state index < -0.39 is 27.7 Å². The first-order valence-electron chi connectivity index (χ1n) is 9.19. The summed E-state index contributed by atoms with van der Waals surface area (Å²) in [6.07, 6.45) is 0. The first-order chi connectivity index (χ1) is 13.2. The molecule has 0 amide bonds. The standard InChI is InChI=1S/C20H25F2N3O2S/c1-14-12-17(5-6-19(14)22)28(26,27)23-15(2)18-13-16(21)4-7-20(18)25-10-8-24(3)9-11-25/h4-7,12-13,15,23H,8-11H2,1-3H3. The predicted octanol–water partition coefficient (Wildman–Crippen LogP) is 3.06. The lowest BCUT2D eigenvalue weighted by molar-refractivity contribution is 0.312. The second-order valence-corrected chi connectivity index (χ2v) is 8.96. The van der Waals surface area contributed by atoms with Crippen LogP contribution in [0.2, 0.25) is 0 Å². The maximum Gasteiger partial charge on any atom is 0.241 e. The molecule has 0 aromatic heterocycles. The first-order valence-corrected chi connectivity index (χ1v) is 10.7. The molecular formula is C20H25F2N3O2S. The molecule has 0 bridgehead atoms. The van der Waals surface area contributed by atoms with Crippen LogP contribution in [0, 0.1) is 18.6 Å². The lowest BCUT2D eigenvalue weighted by atomic mass is 10.0. The summed E-state index contributed by atoms with van der Waals surface area (Å²) in [5, 5.41) is 0. The van der Waals surface area contributed by atoms with Crippen LogP contribution in [0.3, 0.4) is 0 Å². The van der Waals surface area contributed by atoms with E-state index in [0.717, 1.165) is 37.9 Å². The van der Waals surface area contributed by atoms with Crippen molar-refractivity contribution in [2.24, 2.45) is 0 Å². The zero-order chi connectivity index (χ0) is 20.5. The number of aryl methyl sites for hydroxylation is 1. The Bertz CT molecular complexity index is 958. The van der Waals surface area contributed by atoms with Crippen molar-refractivity contribution >= 4 is 15.7 Å². The lowest BCUT2D eigenvalue weighted by Gasteiger charge is -2.36. The second-order valence-electron chi connectivity index (χ2n) is 7.25. The third-order valence-corrected chi connectivity index (χ3v) is 6.61. The van der Waals surface area contributed by atoms with Gasteiger partial charge in [-0.3, -0.25) is 0 Å². The van der Waals surface area contributed by atoms with E-state index in [1.807, 2.05) is 7.05 Å². The summed E-state index contributed by atoms with van der Waals surface area (Å²) in [6.45, 7) is 6.52. The Morgan fingerprint density at radius 1 is 1.04 bits per heavy atom. The fourth-order valence-corrected chi connectivity index (χ4v) is 4.66. The van der Waals surface area contributed by atoms with Gasteiger partial charge in [-0.2, -0.15) is 0 Å². The molecule has 2 aromatic carbocycles. The number of nitrogens with one attached hydrogen (secondary N) is 1. The van der Waals surface area contributed by atoms with E-state index in [1.54, 1.807) is 13.0 Å². The number of hydrogen-bond acceptors (Lipinski definition) is 4. The zero-order valence-corrected chi connectivity index (χ0v) is 17.1. The van der Waals surface area contributed by atoms with E-state index in [2.05, 4.69) is 14.5 Å². The molecule has 1 atom stereocenters. The van der Waals surface area contributed by atoms with Crippen molar-refractivity contribution in [1.29, 1.82) is 0 Å². The first kappa shape index (κ1) is 20.7. The van der Waals surface area contributed by atoms with Crippen molar-refractivity contribution in [2.45, 2.75) is 24.8 Å². The van der Waals surface area contributed by atoms with Gasteiger partial charge in [0.05, 0.1) is 4.90 Å². The largest absolute Gasteiger partial charge is 0.369 e. The molecule has 1 saturated heterocycles. The minimum Gasteiger partial charge on any atom is -0.369 e. The van der Waals surface area contributed by atoms with Crippen LogP contribution in [0.15, 0.2) is 41.3 Å². The van der Waals surface area contributed by atoms with Crippen LogP contribution in [0.5, 0.6) is 0 Å². The summed E-state index contributed by atoms with van der Waals surface area (Å²) in [5.41, 5.74) is 1.64. The molecule has 5 nitrogen and oxygen atoms in total. The van der Waals surface area contributed by atoms with Crippen molar-refractivity contribution in [3.05, 3.63) is 59.2 Å². The molecule has 28 heavy (non-hydrogen) atoms. The third kappa shape index (κ3) is 4.51. The molecular weight excluding hydrogens is 384 g/mol. The van der Waals surface area contributed by atoms with E-state index in [1.165, 1.54) is 31.2 Å². The molecule has 1 aliphatic rings. The monoisotopic (exact) mass is 409 g/mol. The lowest BCUT2D eigenvalue weighted by Crippen LogP contribution is -2.45. The van der Waals surface area contributed by atoms with Crippen molar-refractivity contribution in [3.8, 4) is 0 Å². The molecule has 0 saturated carbocycles. The maximum atomic E-state index is 13.9. The van der Waals surface area contributed by atoms with Crippen LogP contribution in [0.1, 0.15) is 24.1 Å². The normalized spacial score (nSPS) is 17.0. The van der Waals surface area contributed by atoms with Crippen LogP contribution in [0.25, 0.3) is 0 Å². The summed E-state index contributed by atoms with van der Waals surface area (Å²) in [7, 11) is -1.84. The van der Waals surface area contributed by atoms with Gasteiger partial charge in [-0.15, -0.1) is 0 Å². The second kappa shape index (κ2) is 8.14. The molecule has 3 rings (SSSR count). The number of rotatable bonds is 5. The molecule has 1 unspecified atom stereocenters. The van der Waals surface area contributed by atoms with Gasteiger partial charge in [0.1, 0.15) is 11.6 Å². The average molecular weight is 410 g/mol. The highest BCUT2D eigenvalue weighted by atomic mass is 32.2. The summed E-state index contributed by atoms with van der Waals surface area (Å²) in [6, 6.07) is 7.45. The summed E-state index contributed by atoms with van der Waals surface area (Å²) in [5.74, 6) is -0.883. The summed E-state index contributed by atoms with van der Waals surface area (Å²) < 4.78 is 55.5. The number of nitrogens with zero attached hydrogens (tertiary/aromatic N) is 2. The van der Waals surface area contributed by atoms with Crippen LogP contribution >= 0.6 is 0 Å². The number of halogens is 2. The van der Waals surface area contributed by atoms with Gasteiger partial charge in [0, 0.05) is 37.9 Å². The van der Waals surface area contributed by atoms with E-state index in [4.69, 9.17) is 0 Å². The van der Waals surface area contributed by atoms with Crippen LogP contribution < -0.4 is 9.62 Å².